The van der Waals surface area contributed by atoms with Crippen LogP contribution in [0, 0.1) is 17.8 Å². The molecule has 150 valence electrons. The lowest BCUT2D eigenvalue weighted by molar-refractivity contribution is -0.137. The van der Waals surface area contributed by atoms with Crippen molar-refractivity contribution in [2.45, 2.75) is 31.5 Å². The summed E-state index contributed by atoms with van der Waals surface area (Å²) in [5.41, 5.74) is -0.620. The Morgan fingerprint density at radius 1 is 1.25 bits per heavy atom. The standard InChI is InChI=1S/C19H18ClF3N2O3/c20-14-16(18(27)24-15-11-2-1-10(7-11)13(15)8-26)25-28-17(14)9-3-5-12(6-4-9)19(21,22)23/h3-6,10-11,13,15,26H,1-2,7-8H2,(H,24,27)/t10-,11-,13-,15+/m1/s1. The highest BCUT2D eigenvalue weighted by Crippen LogP contribution is 2.48. The second-order valence-electron chi connectivity index (χ2n) is 7.43. The summed E-state index contributed by atoms with van der Waals surface area (Å²) in [6.45, 7) is 0.00939. The third kappa shape index (κ3) is 3.28. The third-order valence-corrected chi connectivity index (χ3v) is 6.27. The van der Waals surface area contributed by atoms with Gasteiger partial charge < -0.3 is 14.9 Å². The van der Waals surface area contributed by atoms with Crippen molar-refractivity contribution in [1.82, 2.24) is 10.5 Å². The Bertz CT molecular complexity index is 882. The molecule has 5 nitrogen and oxygen atoms in total. The van der Waals surface area contributed by atoms with E-state index in [0.29, 0.717) is 11.8 Å². The molecule has 2 bridgehead atoms. The number of aliphatic hydroxyl groups excluding tert-OH is 1. The zero-order chi connectivity index (χ0) is 20.1. The summed E-state index contributed by atoms with van der Waals surface area (Å²) in [5, 5.41) is 16.2. The van der Waals surface area contributed by atoms with E-state index < -0.39 is 17.6 Å². The quantitative estimate of drug-likeness (QED) is 0.788. The number of benzene rings is 1. The van der Waals surface area contributed by atoms with Crippen molar-refractivity contribution >= 4 is 17.5 Å². The Morgan fingerprint density at radius 2 is 1.93 bits per heavy atom. The minimum absolute atomic E-state index is 0.00939. The number of nitrogens with one attached hydrogen (secondary N) is 1. The van der Waals surface area contributed by atoms with Crippen molar-refractivity contribution < 1.29 is 27.6 Å². The fourth-order valence-electron chi connectivity index (χ4n) is 4.53. The number of fused-ring (bicyclic) bond motifs is 2. The summed E-state index contributed by atoms with van der Waals surface area (Å²) in [4.78, 5) is 12.6. The molecule has 4 rings (SSSR count). The smallest absolute Gasteiger partial charge is 0.396 e. The molecule has 2 N–H and O–H groups in total. The summed E-state index contributed by atoms with van der Waals surface area (Å²) >= 11 is 6.23. The average molecular weight is 415 g/mol. The number of hydrogen-bond acceptors (Lipinski definition) is 4. The first-order chi connectivity index (χ1) is 13.3. The van der Waals surface area contributed by atoms with Crippen molar-refractivity contribution in [2.75, 3.05) is 6.61 Å². The molecule has 1 aromatic heterocycles. The predicted octanol–water partition coefficient (Wildman–Crippen LogP) is 4.15. The van der Waals surface area contributed by atoms with Gasteiger partial charge in [0.2, 0.25) is 0 Å². The first-order valence-corrected chi connectivity index (χ1v) is 9.42. The predicted molar refractivity (Wildman–Crippen MR) is 94.6 cm³/mol. The molecule has 9 heteroatoms. The van der Waals surface area contributed by atoms with Gasteiger partial charge in [-0.2, -0.15) is 13.2 Å². The van der Waals surface area contributed by atoms with Crippen LogP contribution in [0.3, 0.4) is 0 Å². The summed E-state index contributed by atoms with van der Waals surface area (Å²) in [5.74, 6) is 0.278. The van der Waals surface area contributed by atoms with Gasteiger partial charge in [-0.25, -0.2) is 0 Å². The number of amides is 1. The van der Waals surface area contributed by atoms with Crippen molar-refractivity contribution in [3.05, 3.63) is 40.5 Å². The lowest BCUT2D eigenvalue weighted by Gasteiger charge is -2.30. The van der Waals surface area contributed by atoms with Crippen LogP contribution in [0.15, 0.2) is 28.8 Å². The molecule has 28 heavy (non-hydrogen) atoms. The molecule has 0 aliphatic heterocycles. The number of nitrogens with zero attached hydrogens (tertiary/aromatic N) is 1. The van der Waals surface area contributed by atoms with Gasteiger partial charge in [0.05, 0.1) is 5.56 Å². The highest BCUT2D eigenvalue weighted by molar-refractivity contribution is 6.35. The van der Waals surface area contributed by atoms with Gasteiger partial charge in [0.1, 0.15) is 5.02 Å². The van der Waals surface area contributed by atoms with Crippen LogP contribution in [0.2, 0.25) is 5.02 Å². The van der Waals surface area contributed by atoms with E-state index in [0.717, 1.165) is 31.4 Å². The van der Waals surface area contributed by atoms with Gasteiger partial charge in [0, 0.05) is 24.1 Å². The number of carbonyl (C=O) groups is 1. The monoisotopic (exact) mass is 414 g/mol. The second kappa shape index (κ2) is 7.08. The van der Waals surface area contributed by atoms with Gasteiger partial charge in [0.25, 0.3) is 5.91 Å². The van der Waals surface area contributed by atoms with Gasteiger partial charge in [0.15, 0.2) is 11.5 Å². The maximum Gasteiger partial charge on any atom is 0.416 e. The minimum Gasteiger partial charge on any atom is -0.396 e. The topological polar surface area (TPSA) is 75.4 Å². The molecule has 1 heterocycles. The molecule has 2 aliphatic rings. The van der Waals surface area contributed by atoms with Crippen LogP contribution >= 0.6 is 11.6 Å². The Labute approximate surface area is 163 Å². The van der Waals surface area contributed by atoms with Gasteiger partial charge in [-0.05, 0) is 43.2 Å². The zero-order valence-electron chi connectivity index (χ0n) is 14.7. The fourth-order valence-corrected chi connectivity index (χ4v) is 4.79. The third-order valence-electron chi connectivity index (χ3n) is 5.92. The van der Waals surface area contributed by atoms with Crippen LogP contribution in [-0.2, 0) is 6.18 Å². The first kappa shape index (κ1) is 19.3. The van der Waals surface area contributed by atoms with E-state index in [2.05, 4.69) is 10.5 Å². The van der Waals surface area contributed by atoms with Gasteiger partial charge >= 0.3 is 6.18 Å². The molecule has 2 saturated carbocycles. The lowest BCUT2D eigenvalue weighted by atomic mass is 9.85. The van der Waals surface area contributed by atoms with Crippen LogP contribution in [0.5, 0.6) is 0 Å². The summed E-state index contributed by atoms with van der Waals surface area (Å²) in [7, 11) is 0. The largest absolute Gasteiger partial charge is 0.416 e. The number of aliphatic hydroxyl groups is 1. The van der Waals surface area contributed by atoms with E-state index in [9.17, 15) is 23.1 Å². The summed E-state index contributed by atoms with van der Waals surface area (Å²) in [6.07, 6.45) is -1.39. The number of alkyl halides is 3. The molecule has 0 spiro atoms. The van der Waals surface area contributed by atoms with Gasteiger partial charge in [-0.3, -0.25) is 4.79 Å². The molecule has 1 amide bonds. The van der Waals surface area contributed by atoms with Crippen LogP contribution in [-0.4, -0.2) is 28.8 Å². The fraction of sp³-hybridized carbons (Fsp3) is 0.474. The highest BCUT2D eigenvalue weighted by Gasteiger charge is 2.48. The van der Waals surface area contributed by atoms with Crippen molar-refractivity contribution in [3.63, 3.8) is 0 Å². The van der Waals surface area contributed by atoms with E-state index in [1.807, 2.05) is 0 Å². The van der Waals surface area contributed by atoms with Crippen LogP contribution in [0.4, 0.5) is 13.2 Å². The molecule has 2 aliphatic carbocycles. The SMILES string of the molecule is O=C(N[C@H]1[C@@H]2CC[C@H](C2)[C@H]1CO)c1noc(-c2ccc(C(F)(F)F)cc2)c1Cl. The number of rotatable bonds is 4. The Kier molecular flexibility index (Phi) is 4.87. The molecule has 4 atom stereocenters. The Morgan fingerprint density at radius 3 is 2.57 bits per heavy atom. The first-order valence-electron chi connectivity index (χ1n) is 9.04. The number of halogens is 4. The summed E-state index contributed by atoms with van der Waals surface area (Å²) in [6, 6.07) is 4.12. The lowest BCUT2D eigenvalue weighted by Crippen LogP contribution is -2.45. The molecular formula is C19H18ClF3N2O3. The molecule has 0 unspecified atom stereocenters. The molecule has 2 aromatic rings. The van der Waals surface area contributed by atoms with Crippen LogP contribution in [0.1, 0.15) is 35.3 Å². The van der Waals surface area contributed by atoms with E-state index in [1.54, 1.807) is 0 Å². The number of carbonyl (C=O) groups excluding carboxylic acids is 1. The molecule has 0 saturated heterocycles. The molecular weight excluding hydrogens is 397 g/mol. The Balaban J connectivity index is 1.53. The maximum atomic E-state index is 12.7. The zero-order valence-corrected chi connectivity index (χ0v) is 15.4. The molecule has 2 fully saturated rings. The molecule has 0 radical (unpaired) electrons. The van der Waals surface area contributed by atoms with E-state index >= 15 is 0 Å². The van der Waals surface area contributed by atoms with Crippen molar-refractivity contribution in [2.24, 2.45) is 17.8 Å². The highest BCUT2D eigenvalue weighted by atomic mass is 35.5. The van der Waals surface area contributed by atoms with Crippen LogP contribution in [0.25, 0.3) is 11.3 Å². The molecule has 1 aromatic carbocycles. The normalized spacial score (nSPS) is 26.6. The van der Waals surface area contributed by atoms with Gasteiger partial charge in [-0.1, -0.05) is 28.9 Å². The number of hydrogen-bond donors (Lipinski definition) is 2. The Hall–Kier alpha value is -2.06. The van der Waals surface area contributed by atoms with E-state index in [4.69, 9.17) is 16.1 Å². The van der Waals surface area contributed by atoms with Crippen LogP contribution < -0.4 is 5.32 Å². The summed E-state index contributed by atoms with van der Waals surface area (Å²) < 4.78 is 43.2. The van der Waals surface area contributed by atoms with Crippen molar-refractivity contribution in [1.29, 1.82) is 0 Å². The average Bonchev–Trinajstić information content (AvgIpc) is 3.35. The van der Waals surface area contributed by atoms with E-state index in [1.165, 1.54) is 12.1 Å². The van der Waals surface area contributed by atoms with Gasteiger partial charge in [-0.15, -0.1) is 0 Å². The van der Waals surface area contributed by atoms with Crippen molar-refractivity contribution in [3.8, 4) is 11.3 Å². The number of aromatic nitrogens is 1. The second-order valence-corrected chi connectivity index (χ2v) is 7.81. The minimum atomic E-state index is -4.45. The van der Waals surface area contributed by atoms with E-state index in [-0.39, 0.29) is 40.6 Å². The maximum absolute atomic E-state index is 12.7.